The van der Waals surface area contributed by atoms with E-state index in [1.54, 1.807) is 0 Å². The molecule has 1 aliphatic carbocycles. The monoisotopic (exact) mass is 142 g/mol. The lowest BCUT2D eigenvalue weighted by Gasteiger charge is -2.16. The average Bonchev–Trinajstić information content (AvgIpc) is 2.65. The highest BCUT2D eigenvalue weighted by atomic mass is 15.4. The quantitative estimate of drug-likeness (QED) is 0.543. The van der Waals surface area contributed by atoms with E-state index in [-0.39, 0.29) is 0 Å². The molecule has 1 saturated heterocycles. The molecule has 0 atom stereocenters. The lowest BCUT2D eigenvalue weighted by molar-refractivity contribution is 0.273. The summed E-state index contributed by atoms with van der Waals surface area (Å²) < 4.78 is 0. The van der Waals surface area contributed by atoms with Crippen LogP contribution in [0.2, 0.25) is 0 Å². The fourth-order valence-corrected chi connectivity index (χ4v) is 1.48. The molecule has 1 aliphatic heterocycles. The molecule has 2 nitrogen and oxygen atoms in total. The third-order valence-corrected chi connectivity index (χ3v) is 2.36. The van der Waals surface area contributed by atoms with Crippen molar-refractivity contribution >= 4 is 0 Å². The lowest BCUT2D eigenvalue weighted by atomic mass is 10.5. The highest BCUT2D eigenvalue weighted by Gasteiger charge is 2.48. The van der Waals surface area contributed by atoms with Crippen LogP contribution in [0.1, 0.15) is 26.7 Å². The van der Waals surface area contributed by atoms with E-state index < -0.39 is 0 Å². The Hall–Kier alpha value is -0.0800. The summed E-state index contributed by atoms with van der Waals surface area (Å²) in [5.41, 5.74) is 0.486. The molecule has 0 unspecified atom stereocenters. The number of likely N-dealkylation sites (N-methyl/N-ethyl adjacent to an activating group) is 1. The molecule has 1 heterocycles. The van der Waals surface area contributed by atoms with Crippen LogP contribution in [-0.2, 0) is 0 Å². The van der Waals surface area contributed by atoms with Crippen LogP contribution in [0.15, 0.2) is 0 Å². The molecule has 1 N–H and O–H groups in total. The largest absolute Gasteiger partial charge is 0.298 e. The van der Waals surface area contributed by atoms with Gasteiger partial charge in [0.25, 0.3) is 0 Å². The Labute approximate surface area is 63.6 Å². The Bertz CT molecular complexity index is 108. The molecule has 10 heavy (non-hydrogen) atoms. The smallest absolute Gasteiger partial charge is 0.0713 e. The summed E-state index contributed by atoms with van der Waals surface area (Å²) in [4.78, 5) is 2.42. The van der Waals surface area contributed by atoms with Crippen molar-refractivity contribution in [3.63, 3.8) is 0 Å². The Morgan fingerprint density at radius 1 is 1.30 bits per heavy atom. The lowest BCUT2D eigenvalue weighted by Crippen LogP contribution is -2.34. The molecule has 0 aromatic heterocycles. The first kappa shape index (κ1) is 8.02. The van der Waals surface area contributed by atoms with E-state index in [1.165, 1.54) is 25.9 Å². The minimum absolute atomic E-state index is 0.486. The van der Waals surface area contributed by atoms with Gasteiger partial charge < -0.3 is 0 Å². The van der Waals surface area contributed by atoms with Crippen molar-refractivity contribution in [2.45, 2.75) is 32.4 Å². The zero-order valence-corrected chi connectivity index (χ0v) is 7.28. The maximum atomic E-state index is 3.48. The van der Waals surface area contributed by atoms with Crippen molar-refractivity contribution in [3.05, 3.63) is 0 Å². The van der Waals surface area contributed by atoms with Gasteiger partial charge in [-0.15, -0.1) is 0 Å². The standard InChI is InChI=1S/C6H12N2.C2H6/c1-8-5-4-7-6(8)2-3-6;1-2/h7H,2-5H2,1H3;1-2H3. The molecular weight excluding hydrogens is 124 g/mol. The number of hydrogen-bond acceptors (Lipinski definition) is 2. The Kier molecular flexibility index (Phi) is 2.32. The molecule has 2 heteroatoms. The number of rotatable bonds is 0. The molecule has 0 radical (unpaired) electrons. The van der Waals surface area contributed by atoms with Crippen LogP contribution in [0.3, 0.4) is 0 Å². The number of nitrogens with zero attached hydrogens (tertiary/aromatic N) is 1. The average molecular weight is 142 g/mol. The summed E-state index contributed by atoms with van der Waals surface area (Å²) >= 11 is 0. The fraction of sp³-hybridized carbons (Fsp3) is 1.00. The third-order valence-electron chi connectivity index (χ3n) is 2.36. The van der Waals surface area contributed by atoms with Crippen LogP contribution in [0.5, 0.6) is 0 Å². The van der Waals surface area contributed by atoms with Crippen LogP contribution in [0, 0.1) is 0 Å². The van der Waals surface area contributed by atoms with E-state index in [0.717, 1.165) is 0 Å². The number of hydrogen-bond donors (Lipinski definition) is 1. The molecule has 1 saturated carbocycles. The van der Waals surface area contributed by atoms with Gasteiger partial charge >= 0.3 is 0 Å². The molecule has 0 bridgehead atoms. The second-order valence-corrected chi connectivity index (χ2v) is 2.88. The van der Waals surface area contributed by atoms with Gasteiger partial charge in [0, 0.05) is 13.1 Å². The molecule has 0 aromatic carbocycles. The van der Waals surface area contributed by atoms with Crippen molar-refractivity contribution in [1.82, 2.24) is 10.2 Å². The summed E-state index contributed by atoms with van der Waals surface area (Å²) in [6.45, 7) is 6.43. The molecular formula is C8H18N2. The molecule has 1 spiro atoms. The van der Waals surface area contributed by atoms with Gasteiger partial charge in [-0.05, 0) is 19.9 Å². The molecule has 2 aliphatic rings. The maximum absolute atomic E-state index is 3.48. The normalized spacial score (nSPS) is 27.9. The van der Waals surface area contributed by atoms with E-state index in [4.69, 9.17) is 0 Å². The zero-order valence-electron chi connectivity index (χ0n) is 7.28. The van der Waals surface area contributed by atoms with Crippen molar-refractivity contribution < 1.29 is 0 Å². The summed E-state index contributed by atoms with van der Waals surface area (Å²) in [6.07, 6.45) is 2.73. The van der Waals surface area contributed by atoms with Crippen LogP contribution in [0.4, 0.5) is 0 Å². The van der Waals surface area contributed by atoms with E-state index in [0.29, 0.717) is 5.66 Å². The maximum Gasteiger partial charge on any atom is 0.0713 e. The molecule has 0 amide bonds. The van der Waals surface area contributed by atoms with Crippen molar-refractivity contribution in [2.75, 3.05) is 20.1 Å². The molecule has 2 rings (SSSR count). The predicted octanol–water partition coefficient (Wildman–Crippen LogP) is 1.04. The van der Waals surface area contributed by atoms with Crippen molar-refractivity contribution in [1.29, 1.82) is 0 Å². The number of nitrogens with one attached hydrogen (secondary N) is 1. The van der Waals surface area contributed by atoms with Gasteiger partial charge in [-0.3, -0.25) is 10.2 Å². The SMILES string of the molecule is CC.CN1CCNC12CC2. The van der Waals surface area contributed by atoms with Gasteiger partial charge in [0.1, 0.15) is 0 Å². The summed E-state index contributed by atoms with van der Waals surface area (Å²) in [6, 6.07) is 0. The predicted molar refractivity (Wildman–Crippen MR) is 43.9 cm³/mol. The van der Waals surface area contributed by atoms with Crippen molar-refractivity contribution in [3.8, 4) is 0 Å². The van der Waals surface area contributed by atoms with Gasteiger partial charge in [0.15, 0.2) is 0 Å². The van der Waals surface area contributed by atoms with Crippen LogP contribution in [0.25, 0.3) is 0 Å². The Morgan fingerprint density at radius 2 is 1.90 bits per heavy atom. The van der Waals surface area contributed by atoms with Crippen LogP contribution >= 0.6 is 0 Å². The van der Waals surface area contributed by atoms with Gasteiger partial charge in [0.2, 0.25) is 0 Å². The van der Waals surface area contributed by atoms with E-state index >= 15 is 0 Å². The first-order valence-corrected chi connectivity index (χ1v) is 4.30. The highest BCUT2D eigenvalue weighted by Crippen LogP contribution is 2.39. The van der Waals surface area contributed by atoms with Crippen molar-refractivity contribution in [2.24, 2.45) is 0 Å². The van der Waals surface area contributed by atoms with E-state index in [9.17, 15) is 0 Å². The van der Waals surface area contributed by atoms with Crippen LogP contribution in [-0.4, -0.2) is 30.7 Å². The van der Waals surface area contributed by atoms with Gasteiger partial charge in [0.05, 0.1) is 5.66 Å². The topological polar surface area (TPSA) is 15.3 Å². The zero-order chi connectivity index (χ0) is 7.61. The minimum Gasteiger partial charge on any atom is -0.298 e. The molecule has 2 fully saturated rings. The first-order valence-electron chi connectivity index (χ1n) is 4.30. The summed E-state index contributed by atoms with van der Waals surface area (Å²) in [7, 11) is 2.20. The minimum atomic E-state index is 0.486. The molecule has 60 valence electrons. The summed E-state index contributed by atoms with van der Waals surface area (Å²) in [5.74, 6) is 0. The Balaban J connectivity index is 0.000000231. The Morgan fingerprint density at radius 3 is 2.10 bits per heavy atom. The van der Waals surface area contributed by atoms with Gasteiger partial charge in [-0.1, -0.05) is 13.8 Å². The summed E-state index contributed by atoms with van der Waals surface area (Å²) in [5, 5.41) is 3.48. The van der Waals surface area contributed by atoms with Gasteiger partial charge in [-0.25, -0.2) is 0 Å². The van der Waals surface area contributed by atoms with Gasteiger partial charge in [-0.2, -0.15) is 0 Å². The highest BCUT2D eigenvalue weighted by molar-refractivity contribution is 5.03. The van der Waals surface area contributed by atoms with E-state index in [2.05, 4.69) is 17.3 Å². The fourth-order valence-electron chi connectivity index (χ4n) is 1.48. The second-order valence-electron chi connectivity index (χ2n) is 2.88. The molecule has 0 aromatic rings. The van der Waals surface area contributed by atoms with E-state index in [1.807, 2.05) is 13.8 Å². The first-order chi connectivity index (χ1) is 4.83. The third kappa shape index (κ3) is 1.18. The van der Waals surface area contributed by atoms with Crippen LogP contribution < -0.4 is 5.32 Å². The second kappa shape index (κ2) is 2.89.